The van der Waals surface area contributed by atoms with Gasteiger partial charge in [0.05, 0.1) is 20.9 Å². The van der Waals surface area contributed by atoms with Gasteiger partial charge in [-0.1, -0.05) is 12.1 Å². The van der Waals surface area contributed by atoms with Crippen LogP contribution in [-0.2, 0) is 13.0 Å². The van der Waals surface area contributed by atoms with Crippen molar-refractivity contribution in [3.05, 3.63) is 47.2 Å². The van der Waals surface area contributed by atoms with Crippen molar-refractivity contribution in [2.24, 2.45) is 0 Å². The molecule has 1 unspecified atom stereocenters. The van der Waals surface area contributed by atoms with E-state index in [2.05, 4.69) is 16.1 Å². The Hall–Kier alpha value is -1.72. The molecule has 1 aromatic carbocycles. The molecule has 0 aliphatic carbocycles. The number of para-hydroxylation sites is 1. The molecule has 0 saturated carbocycles. The fourth-order valence-corrected chi connectivity index (χ4v) is 3.17. The maximum atomic E-state index is 10.3. The van der Waals surface area contributed by atoms with Crippen molar-refractivity contribution in [3.63, 3.8) is 0 Å². The van der Waals surface area contributed by atoms with Crippen molar-refractivity contribution >= 4 is 21.6 Å². The van der Waals surface area contributed by atoms with Crippen molar-refractivity contribution in [1.82, 2.24) is 14.8 Å². The first-order valence-electron chi connectivity index (χ1n) is 6.32. The summed E-state index contributed by atoms with van der Waals surface area (Å²) in [6.07, 6.45) is 1.70. The molecule has 4 nitrogen and oxygen atoms in total. The van der Waals surface area contributed by atoms with E-state index in [1.165, 1.54) is 0 Å². The van der Waals surface area contributed by atoms with Crippen LogP contribution < -0.4 is 0 Å². The molecule has 0 aliphatic rings. The number of aliphatic hydroxyl groups excluding tert-OH is 1. The Bertz CT molecular complexity index is 656. The molecule has 0 bridgehead atoms. The fraction of sp³-hybridized carbons (Fsp3) is 0.286. The van der Waals surface area contributed by atoms with Crippen LogP contribution in [0.25, 0.3) is 10.2 Å². The van der Waals surface area contributed by atoms with E-state index in [-0.39, 0.29) is 0 Å². The number of aryl methyl sites for hydroxylation is 1. The first-order valence-corrected chi connectivity index (χ1v) is 7.14. The lowest BCUT2D eigenvalue weighted by Gasteiger charge is -2.10. The molecule has 0 radical (unpaired) electrons. The zero-order valence-corrected chi connectivity index (χ0v) is 11.5. The van der Waals surface area contributed by atoms with Gasteiger partial charge < -0.3 is 5.11 Å². The van der Waals surface area contributed by atoms with E-state index in [0.717, 1.165) is 27.5 Å². The van der Waals surface area contributed by atoms with Gasteiger partial charge in [0.2, 0.25) is 0 Å². The van der Waals surface area contributed by atoms with Crippen LogP contribution in [0.1, 0.15) is 23.7 Å². The molecular formula is C14H15N3OS. The van der Waals surface area contributed by atoms with E-state index in [1.807, 2.05) is 35.9 Å². The standard InChI is InChI=1S/C14H15N3OS/c1-2-17-11(7-8-15-17)12(18)9-14-16-10-5-3-4-6-13(10)19-14/h3-8,12,18H,2,9H2,1H3. The van der Waals surface area contributed by atoms with Crippen LogP contribution in [0.2, 0.25) is 0 Å². The van der Waals surface area contributed by atoms with Gasteiger partial charge in [0.25, 0.3) is 0 Å². The van der Waals surface area contributed by atoms with Gasteiger partial charge in [0, 0.05) is 19.2 Å². The molecule has 0 amide bonds. The maximum Gasteiger partial charge on any atom is 0.102 e. The predicted octanol–water partition coefficient (Wildman–Crippen LogP) is 2.79. The molecule has 19 heavy (non-hydrogen) atoms. The Labute approximate surface area is 115 Å². The van der Waals surface area contributed by atoms with E-state index in [0.29, 0.717) is 6.42 Å². The van der Waals surface area contributed by atoms with Crippen LogP contribution in [0, 0.1) is 0 Å². The Kier molecular flexibility index (Phi) is 3.31. The molecule has 1 N–H and O–H groups in total. The Balaban J connectivity index is 1.84. The third kappa shape index (κ3) is 2.39. The Morgan fingerprint density at radius 1 is 1.32 bits per heavy atom. The molecule has 0 spiro atoms. The molecule has 2 aromatic heterocycles. The van der Waals surface area contributed by atoms with E-state index in [9.17, 15) is 5.11 Å². The maximum absolute atomic E-state index is 10.3. The zero-order valence-electron chi connectivity index (χ0n) is 10.7. The summed E-state index contributed by atoms with van der Waals surface area (Å²) >= 11 is 1.64. The summed E-state index contributed by atoms with van der Waals surface area (Å²) in [6.45, 7) is 2.78. The second kappa shape index (κ2) is 5.11. The van der Waals surface area contributed by atoms with E-state index >= 15 is 0 Å². The van der Waals surface area contributed by atoms with Crippen molar-refractivity contribution in [2.45, 2.75) is 26.0 Å². The second-order valence-corrected chi connectivity index (χ2v) is 5.48. The van der Waals surface area contributed by atoms with Crippen molar-refractivity contribution in [3.8, 4) is 0 Å². The van der Waals surface area contributed by atoms with Gasteiger partial charge in [-0.05, 0) is 25.1 Å². The molecular weight excluding hydrogens is 258 g/mol. The smallest absolute Gasteiger partial charge is 0.102 e. The summed E-state index contributed by atoms with van der Waals surface area (Å²) in [5.74, 6) is 0. The lowest BCUT2D eigenvalue weighted by atomic mass is 10.2. The van der Waals surface area contributed by atoms with E-state index in [1.54, 1.807) is 17.5 Å². The topological polar surface area (TPSA) is 50.9 Å². The molecule has 3 rings (SSSR count). The van der Waals surface area contributed by atoms with Crippen LogP contribution >= 0.6 is 11.3 Å². The van der Waals surface area contributed by atoms with Gasteiger partial charge >= 0.3 is 0 Å². The van der Waals surface area contributed by atoms with Crippen molar-refractivity contribution < 1.29 is 5.11 Å². The van der Waals surface area contributed by atoms with E-state index < -0.39 is 6.10 Å². The van der Waals surface area contributed by atoms with Crippen LogP contribution in [0.3, 0.4) is 0 Å². The summed E-state index contributed by atoms with van der Waals surface area (Å²) in [5, 5.41) is 15.4. The minimum absolute atomic E-state index is 0.533. The van der Waals surface area contributed by atoms with Crippen LogP contribution in [0.15, 0.2) is 36.5 Å². The average Bonchev–Trinajstić information content (AvgIpc) is 3.03. The quantitative estimate of drug-likeness (QED) is 0.795. The number of hydrogen-bond donors (Lipinski definition) is 1. The largest absolute Gasteiger partial charge is 0.386 e. The number of rotatable bonds is 4. The number of hydrogen-bond acceptors (Lipinski definition) is 4. The molecule has 0 aliphatic heterocycles. The minimum atomic E-state index is -0.553. The lowest BCUT2D eigenvalue weighted by molar-refractivity contribution is 0.167. The van der Waals surface area contributed by atoms with Crippen LogP contribution in [0.4, 0.5) is 0 Å². The third-order valence-electron chi connectivity index (χ3n) is 3.10. The second-order valence-electron chi connectivity index (χ2n) is 4.37. The SMILES string of the molecule is CCn1nccc1C(O)Cc1nc2ccccc2s1. The summed E-state index contributed by atoms with van der Waals surface area (Å²) in [7, 11) is 0. The first kappa shape index (κ1) is 12.3. The highest BCUT2D eigenvalue weighted by atomic mass is 32.1. The average molecular weight is 273 g/mol. The van der Waals surface area contributed by atoms with Gasteiger partial charge in [0.1, 0.15) is 6.10 Å². The molecule has 98 valence electrons. The normalized spacial score (nSPS) is 12.9. The first-order chi connectivity index (χ1) is 9.28. The minimum Gasteiger partial charge on any atom is -0.386 e. The highest BCUT2D eigenvalue weighted by Gasteiger charge is 2.15. The molecule has 0 fully saturated rings. The number of aromatic nitrogens is 3. The summed E-state index contributed by atoms with van der Waals surface area (Å²) in [5.41, 5.74) is 1.85. The van der Waals surface area contributed by atoms with E-state index in [4.69, 9.17) is 0 Å². The number of aliphatic hydroxyl groups is 1. The monoisotopic (exact) mass is 273 g/mol. The van der Waals surface area contributed by atoms with Crippen LogP contribution in [-0.4, -0.2) is 19.9 Å². The van der Waals surface area contributed by atoms with Gasteiger partial charge in [-0.15, -0.1) is 11.3 Å². The number of fused-ring (bicyclic) bond motifs is 1. The van der Waals surface area contributed by atoms with Gasteiger partial charge in [-0.25, -0.2) is 4.98 Å². The van der Waals surface area contributed by atoms with Gasteiger partial charge in [-0.2, -0.15) is 5.10 Å². The molecule has 5 heteroatoms. The lowest BCUT2D eigenvalue weighted by Crippen LogP contribution is -2.09. The van der Waals surface area contributed by atoms with Gasteiger partial charge in [0.15, 0.2) is 0 Å². The van der Waals surface area contributed by atoms with Crippen molar-refractivity contribution in [1.29, 1.82) is 0 Å². The predicted molar refractivity (Wildman–Crippen MR) is 76.2 cm³/mol. The molecule has 3 aromatic rings. The Morgan fingerprint density at radius 3 is 2.95 bits per heavy atom. The zero-order chi connectivity index (χ0) is 13.2. The highest BCUT2D eigenvalue weighted by Crippen LogP contribution is 2.26. The number of benzene rings is 1. The number of nitrogens with zero attached hydrogens (tertiary/aromatic N) is 3. The summed E-state index contributed by atoms with van der Waals surface area (Å²) in [6, 6.07) is 9.90. The van der Waals surface area contributed by atoms with Gasteiger partial charge in [-0.3, -0.25) is 4.68 Å². The summed E-state index contributed by atoms with van der Waals surface area (Å²) < 4.78 is 2.98. The highest BCUT2D eigenvalue weighted by molar-refractivity contribution is 7.18. The third-order valence-corrected chi connectivity index (χ3v) is 4.16. The van der Waals surface area contributed by atoms with Crippen molar-refractivity contribution in [2.75, 3.05) is 0 Å². The Morgan fingerprint density at radius 2 is 2.16 bits per heavy atom. The van der Waals surface area contributed by atoms with Crippen LogP contribution in [0.5, 0.6) is 0 Å². The summed E-state index contributed by atoms with van der Waals surface area (Å²) in [4.78, 5) is 4.55. The molecule has 2 heterocycles. The number of thiazole rings is 1. The molecule has 1 atom stereocenters. The molecule has 0 saturated heterocycles. The fourth-order valence-electron chi connectivity index (χ4n) is 2.17.